The highest BCUT2D eigenvalue weighted by molar-refractivity contribution is 5.97. The minimum absolute atomic E-state index is 0.139. The summed E-state index contributed by atoms with van der Waals surface area (Å²) in [6.07, 6.45) is 0. The minimum Gasteiger partial charge on any atom is -0.495 e. The largest absolute Gasteiger partial charge is 0.495 e. The first kappa shape index (κ1) is 13.8. The van der Waals surface area contributed by atoms with Crippen molar-refractivity contribution in [3.8, 4) is 5.75 Å². The van der Waals surface area contributed by atoms with Crippen molar-refractivity contribution in [3.05, 3.63) is 23.8 Å². The van der Waals surface area contributed by atoms with E-state index in [9.17, 15) is 4.79 Å². The number of hydrogen-bond donors (Lipinski definition) is 2. The van der Waals surface area contributed by atoms with E-state index >= 15 is 0 Å². The number of hydrogen-bond acceptors (Lipinski definition) is 4. The fourth-order valence-electron chi connectivity index (χ4n) is 2.09. The van der Waals surface area contributed by atoms with Crippen molar-refractivity contribution in [2.24, 2.45) is 11.1 Å². The molecule has 1 amide bonds. The third-order valence-electron chi connectivity index (χ3n) is 3.64. The molecule has 2 unspecified atom stereocenters. The molecule has 0 bridgehead atoms. The maximum Gasteiger partial charge on any atom is 0.234 e. The Hall–Kier alpha value is -1.59. The van der Waals surface area contributed by atoms with Crippen LogP contribution >= 0.6 is 0 Å². The molecule has 0 saturated carbocycles. The average molecular weight is 264 g/mol. The molecule has 1 aliphatic heterocycles. The zero-order chi connectivity index (χ0) is 14.0. The van der Waals surface area contributed by atoms with Crippen molar-refractivity contribution in [2.75, 3.05) is 25.6 Å². The molecule has 3 N–H and O–H groups in total. The molecular weight excluding hydrogens is 244 g/mol. The van der Waals surface area contributed by atoms with Gasteiger partial charge in [0.25, 0.3) is 0 Å². The first-order chi connectivity index (χ1) is 8.97. The standard InChI is InChI=1S/C14H20N2O3/c1-9-4-5-10(11(6-9)18-3)16-13(17)14(2)8-19-7-12(14)15/h4-6,12H,7-8,15H2,1-3H3,(H,16,17). The van der Waals surface area contributed by atoms with E-state index in [4.69, 9.17) is 15.2 Å². The topological polar surface area (TPSA) is 73.6 Å². The number of ether oxygens (including phenoxy) is 2. The SMILES string of the molecule is COc1cc(C)ccc1NC(=O)C1(C)COCC1N. The lowest BCUT2D eigenvalue weighted by molar-refractivity contribution is -0.125. The van der Waals surface area contributed by atoms with Crippen molar-refractivity contribution in [1.29, 1.82) is 0 Å². The van der Waals surface area contributed by atoms with E-state index in [1.807, 2.05) is 32.0 Å². The number of aryl methyl sites for hydroxylation is 1. The maximum atomic E-state index is 12.4. The van der Waals surface area contributed by atoms with Crippen LogP contribution in [-0.2, 0) is 9.53 Å². The van der Waals surface area contributed by atoms with E-state index in [0.29, 0.717) is 24.7 Å². The lowest BCUT2D eigenvalue weighted by atomic mass is 9.85. The van der Waals surface area contributed by atoms with Crippen LogP contribution in [0.15, 0.2) is 18.2 Å². The molecule has 5 heteroatoms. The van der Waals surface area contributed by atoms with E-state index in [-0.39, 0.29) is 11.9 Å². The number of amides is 1. The number of carbonyl (C=O) groups excluding carboxylic acids is 1. The van der Waals surface area contributed by atoms with Crippen molar-refractivity contribution >= 4 is 11.6 Å². The van der Waals surface area contributed by atoms with Gasteiger partial charge in [0.1, 0.15) is 5.75 Å². The molecule has 1 saturated heterocycles. The third-order valence-corrected chi connectivity index (χ3v) is 3.64. The van der Waals surface area contributed by atoms with E-state index in [2.05, 4.69) is 5.32 Å². The predicted octanol–water partition coefficient (Wildman–Crippen LogP) is 1.31. The Morgan fingerprint density at radius 2 is 2.32 bits per heavy atom. The van der Waals surface area contributed by atoms with Gasteiger partial charge in [0.05, 0.1) is 31.4 Å². The molecule has 104 valence electrons. The van der Waals surface area contributed by atoms with E-state index in [1.165, 1.54) is 0 Å². The van der Waals surface area contributed by atoms with Gasteiger partial charge in [-0.25, -0.2) is 0 Å². The Labute approximate surface area is 113 Å². The minimum atomic E-state index is -0.699. The zero-order valence-electron chi connectivity index (χ0n) is 11.5. The van der Waals surface area contributed by atoms with Crippen LogP contribution in [0.5, 0.6) is 5.75 Å². The van der Waals surface area contributed by atoms with Crippen LogP contribution in [0.1, 0.15) is 12.5 Å². The Morgan fingerprint density at radius 3 is 2.89 bits per heavy atom. The normalized spacial score (nSPS) is 26.2. The van der Waals surface area contributed by atoms with Crippen LogP contribution in [0.4, 0.5) is 5.69 Å². The summed E-state index contributed by atoms with van der Waals surface area (Å²) in [6, 6.07) is 5.34. The summed E-state index contributed by atoms with van der Waals surface area (Å²) >= 11 is 0. The van der Waals surface area contributed by atoms with Gasteiger partial charge in [-0.05, 0) is 31.5 Å². The van der Waals surface area contributed by atoms with Crippen LogP contribution < -0.4 is 15.8 Å². The quantitative estimate of drug-likeness (QED) is 0.863. The molecular formula is C14H20N2O3. The number of benzene rings is 1. The van der Waals surface area contributed by atoms with Gasteiger partial charge in [-0.3, -0.25) is 4.79 Å². The van der Waals surface area contributed by atoms with Gasteiger partial charge in [-0.2, -0.15) is 0 Å². The fourth-order valence-corrected chi connectivity index (χ4v) is 2.09. The molecule has 2 rings (SSSR count). The highest BCUT2D eigenvalue weighted by Gasteiger charge is 2.44. The predicted molar refractivity (Wildman–Crippen MR) is 73.3 cm³/mol. The molecule has 1 aromatic carbocycles. The molecule has 1 aromatic rings. The van der Waals surface area contributed by atoms with Gasteiger partial charge in [0.2, 0.25) is 5.91 Å². The molecule has 5 nitrogen and oxygen atoms in total. The Bertz CT molecular complexity index is 490. The first-order valence-corrected chi connectivity index (χ1v) is 6.27. The lowest BCUT2D eigenvalue weighted by Crippen LogP contribution is -2.47. The summed E-state index contributed by atoms with van der Waals surface area (Å²) in [5, 5.41) is 2.88. The van der Waals surface area contributed by atoms with Crippen LogP contribution in [-0.4, -0.2) is 32.3 Å². The average Bonchev–Trinajstić information content (AvgIpc) is 2.73. The number of carbonyl (C=O) groups is 1. The molecule has 0 aromatic heterocycles. The highest BCUT2D eigenvalue weighted by atomic mass is 16.5. The smallest absolute Gasteiger partial charge is 0.234 e. The van der Waals surface area contributed by atoms with Gasteiger partial charge in [0, 0.05) is 6.04 Å². The summed E-state index contributed by atoms with van der Waals surface area (Å²) in [5.41, 5.74) is 6.97. The van der Waals surface area contributed by atoms with Gasteiger partial charge in [0.15, 0.2) is 0 Å². The van der Waals surface area contributed by atoms with Crippen molar-refractivity contribution in [3.63, 3.8) is 0 Å². The monoisotopic (exact) mass is 264 g/mol. The van der Waals surface area contributed by atoms with Crippen LogP contribution in [0, 0.1) is 12.3 Å². The van der Waals surface area contributed by atoms with Crippen molar-refractivity contribution in [2.45, 2.75) is 19.9 Å². The molecule has 1 fully saturated rings. The van der Waals surface area contributed by atoms with Crippen molar-refractivity contribution in [1.82, 2.24) is 0 Å². The van der Waals surface area contributed by atoms with Gasteiger partial charge >= 0.3 is 0 Å². The zero-order valence-corrected chi connectivity index (χ0v) is 11.5. The van der Waals surface area contributed by atoms with Crippen LogP contribution in [0.25, 0.3) is 0 Å². The molecule has 19 heavy (non-hydrogen) atoms. The van der Waals surface area contributed by atoms with E-state index in [1.54, 1.807) is 7.11 Å². The molecule has 1 heterocycles. The van der Waals surface area contributed by atoms with E-state index < -0.39 is 5.41 Å². The Kier molecular flexibility index (Phi) is 3.78. The molecule has 0 spiro atoms. The first-order valence-electron chi connectivity index (χ1n) is 6.27. The summed E-state index contributed by atoms with van der Waals surface area (Å²) in [4.78, 5) is 12.4. The Balaban J connectivity index is 2.19. The summed E-state index contributed by atoms with van der Waals surface area (Å²) in [5.74, 6) is 0.504. The number of rotatable bonds is 3. The van der Waals surface area contributed by atoms with Gasteiger partial charge < -0.3 is 20.5 Å². The van der Waals surface area contributed by atoms with Gasteiger partial charge in [-0.15, -0.1) is 0 Å². The second kappa shape index (κ2) is 5.19. The number of anilines is 1. The number of nitrogens with two attached hydrogens (primary N) is 1. The summed E-state index contributed by atoms with van der Waals surface area (Å²) in [6.45, 7) is 4.54. The summed E-state index contributed by atoms with van der Waals surface area (Å²) < 4.78 is 10.6. The number of methoxy groups -OCH3 is 1. The second-order valence-electron chi connectivity index (χ2n) is 5.20. The second-order valence-corrected chi connectivity index (χ2v) is 5.20. The van der Waals surface area contributed by atoms with Gasteiger partial charge in [-0.1, -0.05) is 6.07 Å². The highest BCUT2D eigenvalue weighted by Crippen LogP contribution is 2.31. The maximum absolute atomic E-state index is 12.4. The van der Waals surface area contributed by atoms with E-state index in [0.717, 1.165) is 5.56 Å². The van der Waals surface area contributed by atoms with Crippen LogP contribution in [0.3, 0.4) is 0 Å². The fraction of sp³-hybridized carbons (Fsp3) is 0.500. The molecule has 0 aliphatic carbocycles. The summed E-state index contributed by atoms with van der Waals surface area (Å²) in [7, 11) is 1.58. The molecule has 0 radical (unpaired) electrons. The number of nitrogens with one attached hydrogen (secondary N) is 1. The third kappa shape index (κ3) is 2.57. The molecule has 2 atom stereocenters. The van der Waals surface area contributed by atoms with Crippen LogP contribution in [0.2, 0.25) is 0 Å². The van der Waals surface area contributed by atoms with Crippen molar-refractivity contribution < 1.29 is 14.3 Å². The Morgan fingerprint density at radius 1 is 1.58 bits per heavy atom. The molecule has 1 aliphatic rings. The lowest BCUT2D eigenvalue weighted by Gasteiger charge is -2.25.